The monoisotopic (exact) mass is 248 g/mol. The van der Waals surface area contributed by atoms with Gasteiger partial charge < -0.3 is 10.6 Å². The van der Waals surface area contributed by atoms with E-state index in [9.17, 15) is 4.79 Å². The van der Waals surface area contributed by atoms with Crippen molar-refractivity contribution in [3.63, 3.8) is 0 Å². The summed E-state index contributed by atoms with van der Waals surface area (Å²) in [5.41, 5.74) is 7.91. The van der Waals surface area contributed by atoms with Crippen molar-refractivity contribution in [1.29, 1.82) is 0 Å². The highest BCUT2D eigenvalue weighted by atomic mass is 16.2. The van der Waals surface area contributed by atoms with Crippen LogP contribution in [0.2, 0.25) is 0 Å². The van der Waals surface area contributed by atoms with E-state index < -0.39 is 0 Å². The number of hydrogen-bond donors (Lipinski definition) is 1. The molecule has 0 aliphatic carbocycles. The molecule has 3 heteroatoms. The Hall–Kier alpha value is -1.35. The van der Waals surface area contributed by atoms with Crippen molar-refractivity contribution in [3.05, 3.63) is 35.4 Å². The number of aryl methyl sites for hydroxylation is 1. The molecule has 0 aliphatic heterocycles. The Morgan fingerprint density at radius 3 is 2.33 bits per heavy atom. The first kappa shape index (κ1) is 14.7. The van der Waals surface area contributed by atoms with Gasteiger partial charge in [0.05, 0.1) is 0 Å². The maximum Gasteiger partial charge on any atom is 0.223 e. The van der Waals surface area contributed by atoms with E-state index in [4.69, 9.17) is 5.73 Å². The van der Waals surface area contributed by atoms with Crippen molar-refractivity contribution in [3.8, 4) is 0 Å². The van der Waals surface area contributed by atoms with Crippen LogP contribution in [0.4, 0.5) is 0 Å². The predicted octanol–water partition coefficient (Wildman–Crippen LogP) is 2.33. The van der Waals surface area contributed by atoms with Crippen LogP contribution in [-0.4, -0.2) is 24.4 Å². The molecule has 2 N–H and O–H groups in total. The zero-order valence-electron chi connectivity index (χ0n) is 11.9. The Bertz CT molecular complexity index is 395. The number of nitrogens with two attached hydrogens (primary N) is 1. The van der Waals surface area contributed by atoms with Gasteiger partial charge in [-0.2, -0.15) is 0 Å². The van der Waals surface area contributed by atoms with Crippen LogP contribution >= 0.6 is 0 Å². The van der Waals surface area contributed by atoms with E-state index in [1.807, 2.05) is 20.9 Å². The maximum absolute atomic E-state index is 12.1. The maximum atomic E-state index is 12.1. The molecule has 0 saturated heterocycles. The normalized spacial score (nSPS) is 11.4. The molecule has 0 spiro atoms. The molecule has 0 radical (unpaired) electrons. The fourth-order valence-corrected chi connectivity index (χ4v) is 1.67. The summed E-state index contributed by atoms with van der Waals surface area (Å²) in [5.74, 6) is 0.144. The van der Waals surface area contributed by atoms with E-state index in [-0.39, 0.29) is 11.3 Å². The molecule has 0 atom stereocenters. The molecule has 1 aromatic rings. The predicted molar refractivity (Wildman–Crippen MR) is 75.1 cm³/mol. The van der Waals surface area contributed by atoms with Crippen molar-refractivity contribution in [2.45, 2.75) is 33.7 Å². The number of amides is 1. The highest BCUT2D eigenvalue weighted by Crippen LogP contribution is 2.19. The van der Waals surface area contributed by atoms with E-state index in [0.29, 0.717) is 19.5 Å². The van der Waals surface area contributed by atoms with Gasteiger partial charge in [0.15, 0.2) is 0 Å². The lowest BCUT2D eigenvalue weighted by Crippen LogP contribution is -2.34. The Morgan fingerprint density at radius 1 is 1.28 bits per heavy atom. The van der Waals surface area contributed by atoms with Crippen LogP contribution in [0.1, 0.15) is 31.4 Å². The molecule has 1 aromatic carbocycles. The minimum Gasteiger partial charge on any atom is -0.341 e. The Kier molecular flexibility index (Phi) is 4.91. The number of hydrogen-bond acceptors (Lipinski definition) is 2. The third-order valence-corrected chi connectivity index (χ3v) is 3.15. The molecule has 0 unspecified atom stereocenters. The largest absolute Gasteiger partial charge is 0.341 e. The molecule has 0 bridgehead atoms. The van der Waals surface area contributed by atoms with Crippen molar-refractivity contribution in [2.75, 3.05) is 13.6 Å². The molecule has 0 heterocycles. The first-order valence-corrected chi connectivity index (χ1v) is 6.34. The molecule has 100 valence electrons. The van der Waals surface area contributed by atoms with Gasteiger partial charge in [0, 0.05) is 20.0 Å². The number of rotatable bonds is 5. The third kappa shape index (κ3) is 4.49. The van der Waals surface area contributed by atoms with Crippen LogP contribution in [0.3, 0.4) is 0 Å². The zero-order valence-corrected chi connectivity index (χ0v) is 11.9. The van der Waals surface area contributed by atoms with Gasteiger partial charge in [-0.05, 0) is 24.4 Å². The smallest absolute Gasteiger partial charge is 0.223 e. The lowest BCUT2D eigenvalue weighted by molar-refractivity contribution is -0.132. The van der Waals surface area contributed by atoms with Crippen molar-refractivity contribution < 1.29 is 4.79 Å². The topological polar surface area (TPSA) is 46.3 Å². The fraction of sp³-hybridized carbons (Fsp3) is 0.533. The first-order chi connectivity index (χ1) is 8.34. The average Bonchev–Trinajstić information content (AvgIpc) is 2.31. The summed E-state index contributed by atoms with van der Waals surface area (Å²) in [4.78, 5) is 13.8. The molecule has 0 aromatic heterocycles. The quantitative estimate of drug-likeness (QED) is 0.869. The molecule has 0 fully saturated rings. The lowest BCUT2D eigenvalue weighted by atomic mass is 9.89. The average molecular weight is 248 g/mol. The van der Waals surface area contributed by atoms with Crippen LogP contribution in [0.15, 0.2) is 24.3 Å². The Morgan fingerprint density at radius 2 is 1.83 bits per heavy atom. The second-order valence-electron chi connectivity index (χ2n) is 5.78. The summed E-state index contributed by atoms with van der Waals surface area (Å²) in [5, 5.41) is 0. The zero-order chi connectivity index (χ0) is 13.8. The van der Waals surface area contributed by atoms with Crippen LogP contribution in [-0.2, 0) is 11.3 Å². The summed E-state index contributed by atoms with van der Waals surface area (Å²) < 4.78 is 0. The molecule has 3 nitrogen and oxygen atoms in total. The second kappa shape index (κ2) is 6.01. The van der Waals surface area contributed by atoms with Gasteiger partial charge in [-0.15, -0.1) is 0 Å². The summed E-state index contributed by atoms with van der Waals surface area (Å²) in [6, 6.07) is 8.26. The molecule has 0 saturated carbocycles. The van der Waals surface area contributed by atoms with Gasteiger partial charge in [-0.1, -0.05) is 43.7 Å². The molecular formula is C15H24N2O. The second-order valence-corrected chi connectivity index (χ2v) is 5.78. The summed E-state index contributed by atoms with van der Waals surface area (Å²) in [6.45, 7) is 7.27. The minimum absolute atomic E-state index is 0.126. The number of carbonyl (C=O) groups is 1. The van der Waals surface area contributed by atoms with Gasteiger partial charge >= 0.3 is 0 Å². The van der Waals surface area contributed by atoms with Crippen molar-refractivity contribution >= 4 is 5.91 Å². The van der Waals surface area contributed by atoms with Crippen molar-refractivity contribution in [1.82, 2.24) is 4.90 Å². The highest BCUT2D eigenvalue weighted by Gasteiger charge is 2.22. The number of carbonyl (C=O) groups excluding carboxylic acids is 1. The molecule has 0 aliphatic rings. The minimum atomic E-state index is -0.126. The van der Waals surface area contributed by atoms with Crippen LogP contribution in [0.5, 0.6) is 0 Å². The third-order valence-electron chi connectivity index (χ3n) is 3.15. The molecule has 1 amide bonds. The highest BCUT2D eigenvalue weighted by molar-refractivity contribution is 5.76. The SMILES string of the molecule is Cc1ccc(CN(C)C(=O)CC(C)(C)CN)cc1. The van der Waals surface area contributed by atoms with Gasteiger partial charge in [0.25, 0.3) is 0 Å². The summed E-state index contributed by atoms with van der Waals surface area (Å²) in [6.07, 6.45) is 0.492. The van der Waals surface area contributed by atoms with E-state index >= 15 is 0 Å². The van der Waals surface area contributed by atoms with Crippen LogP contribution in [0.25, 0.3) is 0 Å². The summed E-state index contributed by atoms with van der Waals surface area (Å²) in [7, 11) is 1.84. The Labute approximate surface area is 110 Å². The van der Waals surface area contributed by atoms with Gasteiger partial charge in [-0.3, -0.25) is 4.79 Å². The van der Waals surface area contributed by atoms with Crippen LogP contribution < -0.4 is 5.73 Å². The first-order valence-electron chi connectivity index (χ1n) is 6.34. The van der Waals surface area contributed by atoms with E-state index in [2.05, 4.69) is 31.2 Å². The van der Waals surface area contributed by atoms with Crippen LogP contribution in [0, 0.1) is 12.3 Å². The van der Waals surface area contributed by atoms with Gasteiger partial charge in [0.1, 0.15) is 0 Å². The molecule has 1 rings (SSSR count). The van der Waals surface area contributed by atoms with Gasteiger partial charge in [0.2, 0.25) is 5.91 Å². The number of nitrogens with zero attached hydrogens (tertiary/aromatic N) is 1. The van der Waals surface area contributed by atoms with Gasteiger partial charge in [-0.25, -0.2) is 0 Å². The standard InChI is InChI=1S/C15H24N2O/c1-12-5-7-13(8-6-12)10-17(4)14(18)9-15(2,3)11-16/h5-8H,9-11,16H2,1-4H3. The fourth-order valence-electron chi connectivity index (χ4n) is 1.67. The van der Waals surface area contributed by atoms with Crippen molar-refractivity contribution in [2.24, 2.45) is 11.1 Å². The Balaban J connectivity index is 2.57. The summed E-state index contributed by atoms with van der Waals surface area (Å²) >= 11 is 0. The lowest BCUT2D eigenvalue weighted by Gasteiger charge is -2.25. The number of benzene rings is 1. The van der Waals surface area contributed by atoms with E-state index in [1.54, 1.807) is 4.90 Å². The molecule has 18 heavy (non-hydrogen) atoms. The molecular weight excluding hydrogens is 224 g/mol. The van der Waals surface area contributed by atoms with E-state index in [0.717, 1.165) is 5.56 Å². The van der Waals surface area contributed by atoms with E-state index in [1.165, 1.54) is 5.56 Å².